The molecule has 0 saturated heterocycles. The summed E-state index contributed by atoms with van der Waals surface area (Å²) in [6.07, 6.45) is -10.6. The summed E-state index contributed by atoms with van der Waals surface area (Å²) in [5, 5.41) is 13.8. The molecule has 0 spiro atoms. The molecule has 1 heterocycles. The van der Waals surface area contributed by atoms with Gasteiger partial charge < -0.3 is 16.2 Å². The molecule has 0 aliphatic heterocycles. The SMILES string of the molecule is NCCNCc1cc[cH-]c1C[C@@H](O)c1cc(-c2ccc(C(F)(F)F)cc2)nc(C(F)(F)F)c1.[Fe+2].c1cc[cH-]c1. The van der Waals surface area contributed by atoms with Crippen LogP contribution in [-0.2, 0) is 42.4 Å². The van der Waals surface area contributed by atoms with Crippen molar-refractivity contribution in [2.24, 2.45) is 5.73 Å². The van der Waals surface area contributed by atoms with Gasteiger partial charge in [-0.3, -0.25) is 0 Å². The summed E-state index contributed by atoms with van der Waals surface area (Å²) in [6, 6.07) is 21.1. The molecular weight excluding hydrogens is 564 g/mol. The van der Waals surface area contributed by atoms with Crippen molar-refractivity contribution >= 4 is 0 Å². The van der Waals surface area contributed by atoms with E-state index in [9.17, 15) is 31.4 Å². The molecule has 4 aromatic rings. The summed E-state index contributed by atoms with van der Waals surface area (Å²) in [4.78, 5) is 3.57. The molecule has 1 aromatic heterocycles. The molecule has 11 heteroatoms. The van der Waals surface area contributed by atoms with Gasteiger partial charge in [0.05, 0.1) is 17.4 Å². The number of nitrogens with one attached hydrogen (secondary N) is 1. The van der Waals surface area contributed by atoms with E-state index in [2.05, 4.69) is 10.3 Å². The zero-order valence-corrected chi connectivity index (χ0v) is 21.7. The van der Waals surface area contributed by atoms with Crippen LogP contribution >= 0.6 is 0 Å². The molecule has 0 aliphatic carbocycles. The maximum Gasteiger partial charge on any atom is 2.00 e. The minimum Gasteiger partial charge on any atom is -0.388 e. The van der Waals surface area contributed by atoms with Gasteiger partial charge in [0.1, 0.15) is 5.69 Å². The molecule has 0 unspecified atom stereocenters. The summed E-state index contributed by atoms with van der Waals surface area (Å²) < 4.78 is 78.8. The smallest absolute Gasteiger partial charge is 0.388 e. The first-order valence-electron chi connectivity index (χ1n) is 11.7. The van der Waals surface area contributed by atoms with Gasteiger partial charge in [-0.25, -0.2) is 23.2 Å². The summed E-state index contributed by atoms with van der Waals surface area (Å²) in [7, 11) is 0. The number of halogens is 6. The van der Waals surface area contributed by atoms with Crippen molar-refractivity contribution in [1.82, 2.24) is 10.3 Å². The van der Waals surface area contributed by atoms with Crippen LogP contribution in [0.4, 0.5) is 26.3 Å². The van der Waals surface area contributed by atoms with E-state index in [0.29, 0.717) is 19.6 Å². The second-order valence-corrected chi connectivity index (χ2v) is 8.47. The van der Waals surface area contributed by atoms with Crippen LogP contribution in [-0.4, -0.2) is 23.2 Å². The van der Waals surface area contributed by atoms with Gasteiger partial charge in [0.15, 0.2) is 0 Å². The second kappa shape index (κ2) is 14.4. The predicted octanol–water partition coefficient (Wildman–Crippen LogP) is 6.23. The number of pyridine rings is 1. The topological polar surface area (TPSA) is 71.2 Å². The summed E-state index contributed by atoms with van der Waals surface area (Å²) >= 11 is 0. The monoisotopic (exact) mass is 591 g/mol. The maximum absolute atomic E-state index is 13.5. The Balaban J connectivity index is 0.000000797. The van der Waals surface area contributed by atoms with Crippen LogP contribution in [0, 0.1) is 0 Å². The normalized spacial score (nSPS) is 12.3. The Morgan fingerprint density at radius 2 is 1.59 bits per heavy atom. The fourth-order valence-corrected chi connectivity index (χ4v) is 3.71. The second-order valence-electron chi connectivity index (χ2n) is 8.47. The van der Waals surface area contributed by atoms with E-state index in [1.807, 2.05) is 36.4 Å². The number of benzene rings is 1. The Kier molecular flexibility index (Phi) is 11.9. The third-order valence-corrected chi connectivity index (χ3v) is 5.64. The molecule has 39 heavy (non-hydrogen) atoms. The fourth-order valence-electron chi connectivity index (χ4n) is 3.71. The quantitative estimate of drug-likeness (QED) is 0.0984. The molecule has 3 aromatic carbocycles. The molecule has 4 rings (SSSR count). The van der Waals surface area contributed by atoms with Crippen LogP contribution in [0.2, 0.25) is 0 Å². The number of rotatable bonds is 8. The van der Waals surface area contributed by atoms with Crippen LogP contribution in [0.15, 0.2) is 84.9 Å². The first kappa shape index (κ1) is 32.3. The number of nitrogens with two attached hydrogens (primary N) is 1. The summed E-state index contributed by atoms with van der Waals surface area (Å²) in [5.74, 6) is 0. The average Bonchev–Trinajstić information content (AvgIpc) is 3.59. The van der Waals surface area contributed by atoms with Gasteiger partial charge in [-0.1, -0.05) is 12.1 Å². The number of alkyl halides is 6. The minimum atomic E-state index is -4.80. The van der Waals surface area contributed by atoms with Crippen molar-refractivity contribution < 1.29 is 48.5 Å². The molecule has 0 saturated carbocycles. The number of hydrogen-bond acceptors (Lipinski definition) is 4. The molecule has 0 bridgehead atoms. The van der Waals surface area contributed by atoms with Crippen molar-refractivity contribution in [3.8, 4) is 11.3 Å². The number of aliphatic hydroxyl groups is 1. The van der Waals surface area contributed by atoms with E-state index >= 15 is 0 Å². The summed E-state index contributed by atoms with van der Waals surface area (Å²) in [6.45, 7) is 1.53. The Hall–Kier alpha value is -2.95. The van der Waals surface area contributed by atoms with Gasteiger partial charge in [-0.05, 0) is 42.8 Å². The van der Waals surface area contributed by atoms with Crippen molar-refractivity contribution in [1.29, 1.82) is 0 Å². The molecular formula is C28H27F6FeN3O. The zero-order valence-electron chi connectivity index (χ0n) is 20.6. The molecule has 4 N–H and O–H groups in total. The third-order valence-electron chi connectivity index (χ3n) is 5.64. The standard InChI is InChI=1S/C23H22F6N3O.C5H5.Fe/c24-22(25,26)18-6-4-14(5-7-18)19-10-17(12-21(32-19)23(27,28)29)20(33)11-15-2-1-3-16(15)13-31-9-8-30;1-2-4-5-3-1;/h1-7,10,12,20,31,33H,8-9,11,13,30H2;1-5H;/q2*-1;+2/t20-;;/m1../s1. The first-order chi connectivity index (χ1) is 18.0. The summed E-state index contributed by atoms with van der Waals surface area (Å²) in [5.41, 5.74) is 4.79. The van der Waals surface area contributed by atoms with Crippen LogP contribution in [0.1, 0.15) is 34.1 Å². The van der Waals surface area contributed by atoms with Crippen molar-refractivity contribution in [2.75, 3.05) is 13.1 Å². The molecule has 4 nitrogen and oxygen atoms in total. The van der Waals surface area contributed by atoms with E-state index in [1.165, 1.54) is 6.07 Å². The van der Waals surface area contributed by atoms with Crippen LogP contribution < -0.4 is 11.1 Å². The predicted molar refractivity (Wildman–Crippen MR) is 133 cm³/mol. The zero-order chi connectivity index (χ0) is 27.8. The number of aliphatic hydroxyl groups excluding tert-OH is 1. The van der Waals surface area contributed by atoms with Gasteiger partial charge in [-0.2, -0.15) is 67.8 Å². The number of nitrogens with zero attached hydrogens (tertiary/aromatic N) is 1. The molecule has 1 atom stereocenters. The van der Waals surface area contributed by atoms with Gasteiger partial charge in [-0.15, -0.1) is 0 Å². The van der Waals surface area contributed by atoms with Crippen molar-refractivity contribution in [2.45, 2.75) is 31.4 Å². The van der Waals surface area contributed by atoms with Gasteiger partial charge >= 0.3 is 29.4 Å². The van der Waals surface area contributed by atoms with Gasteiger partial charge in [0.2, 0.25) is 0 Å². The Bertz CT molecular complexity index is 1230. The largest absolute Gasteiger partial charge is 2.00 e. The molecule has 0 radical (unpaired) electrons. The third kappa shape index (κ3) is 9.63. The van der Waals surface area contributed by atoms with E-state index < -0.39 is 29.7 Å². The van der Waals surface area contributed by atoms with Crippen LogP contribution in [0.25, 0.3) is 11.3 Å². The van der Waals surface area contributed by atoms with E-state index in [1.54, 1.807) is 12.1 Å². The molecule has 0 fully saturated rings. The fraction of sp³-hybridized carbons (Fsp3) is 0.250. The Morgan fingerprint density at radius 3 is 2.13 bits per heavy atom. The van der Waals surface area contributed by atoms with Crippen molar-refractivity contribution in [3.05, 3.63) is 113 Å². The van der Waals surface area contributed by atoms with E-state index in [4.69, 9.17) is 5.73 Å². The Labute approximate surface area is 233 Å². The number of hydrogen-bond donors (Lipinski definition) is 3. The molecule has 210 valence electrons. The van der Waals surface area contributed by atoms with Crippen LogP contribution in [0.5, 0.6) is 0 Å². The average molecular weight is 591 g/mol. The minimum absolute atomic E-state index is 0. The Morgan fingerprint density at radius 1 is 0.923 bits per heavy atom. The number of aromatic nitrogens is 1. The van der Waals surface area contributed by atoms with E-state index in [0.717, 1.165) is 41.5 Å². The first-order valence-corrected chi connectivity index (χ1v) is 11.7. The van der Waals surface area contributed by atoms with Gasteiger partial charge in [0.25, 0.3) is 0 Å². The molecule has 0 aliphatic rings. The van der Waals surface area contributed by atoms with Gasteiger partial charge in [0, 0.05) is 18.7 Å². The molecule has 0 amide bonds. The van der Waals surface area contributed by atoms with E-state index in [-0.39, 0.29) is 40.3 Å². The van der Waals surface area contributed by atoms with Crippen molar-refractivity contribution in [3.63, 3.8) is 0 Å². The van der Waals surface area contributed by atoms with Crippen LogP contribution in [0.3, 0.4) is 0 Å². The maximum atomic E-state index is 13.5.